The normalized spacial score (nSPS) is 19.3. The molecule has 0 spiro atoms. The van der Waals surface area contributed by atoms with Gasteiger partial charge < -0.3 is 29.3 Å². The highest BCUT2D eigenvalue weighted by atomic mass is 19.1. The summed E-state index contributed by atoms with van der Waals surface area (Å²) in [5.74, 6) is -1.44. The number of anilines is 1. The molecule has 0 bridgehead atoms. The molecule has 182 valence electrons. The Balaban J connectivity index is 1.69. The average Bonchev–Trinajstić information content (AvgIpc) is 2.80. The van der Waals surface area contributed by atoms with Crippen molar-refractivity contribution in [3.63, 3.8) is 0 Å². The van der Waals surface area contributed by atoms with Crippen LogP contribution in [0.25, 0.3) is 0 Å². The van der Waals surface area contributed by atoms with Crippen LogP contribution in [0.15, 0.2) is 18.2 Å². The van der Waals surface area contributed by atoms with E-state index in [9.17, 15) is 18.8 Å². The molecule has 0 radical (unpaired) electrons. The lowest BCUT2D eigenvalue weighted by Gasteiger charge is -2.38. The molecule has 0 unspecified atom stereocenters. The number of rotatable bonds is 6. The van der Waals surface area contributed by atoms with Crippen molar-refractivity contribution in [1.82, 2.24) is 9.80 Å². The molecule has 1 aromatic rings. The van der Waals surface area contributed by atoms with Crippen molar-refractivity contribution < 1.29 is 33.4 Å². The zero-order chi connectivity index (χ0) is 24.2. The van der Waals surface area contributed by atoms with Gasteiger partial charge in [-0.25, -0.2) is 9.18 Å². The number of piperazine rings is 1. The average molecular weight is 466 g/mol. The van der Waals surface area contributed by atoms with Crippen LogP contribution in [0.2, 0.25) is 0 Å². The number of nitrogens with zero attached hydrogens (tertiary/aromatic N) is 3. The number of carbonyl (C=O) groups excluding carboxylic acids is 2. The minimum atomic E-state index is -1.35. The Hall–Kier alpha value is -3.04. The molecule has 2 heterocycles. The third-order valence-electron chi connectivity index (χ3n) is 6.04. The molecular weight excluding hydrogens is 433 g/mol. The first-order chi connectivity index (χ1) is 15.6. The second-order valence-corrected chi connectivity index (χ2v) is 8.83. The van der Waals surface area contributed by atoms with Gasteiger partial charge in [-0.1, -0.05) is 0 Å². The van der Waals surface area contributed by atoms with Gasteiger partial charge >= 0.3 is 12.1 Å². The van der Waals surface area contributed by atoms with Crippen molar-refractivity contribution in [2.75, 3.05) is 50.8 Å². The third kappa shape index (κ3) is 5.85. The third-order valence-corrected chi connectivity index (χ3v) is 6.04. The summed E-state index contributed by atoms with van der Waals surface area (Å²) in [6, 6.07) is 4.49. The lowest BCUT2D eigenvalue weighted by atomic mass is 9.97. The van der Waals surface area contributed by atoms with Gasteiger partial charge in [-0.2, -0.15) is 0 Å². The van der Waals surface area contributed by atoms with Crippen LogP contribution in [0.3, 0.4) is 0 Å². The molecule has 2 aliphatic rings. The maximum Gasteiger partial charge on any atom is 0.407 e. The van der Waals surface area contributed by atoms with Crippen molar-refractivity contribution in [2.24, 2.45) is 5.92 Å². The Labute approximate surface area is 193 Å². The number of hydrogen-bond donors (Lipinski definition) is 1. The van der Waals surface area contributed by atoms with E-state index in [2.05, 4.69) is 0 Å². The fourth-order valence-electron chi connectivity index (χ4n) is 4.23. The Morgan fingerprint density at radius 3 is 2.42 bits per heavy atom. The molecule has 2 fully saturated rings. The minimum Gasteiger partial charge on any atom is -0.475 e. The number of hydrogen-bond acceptors (Lipinski definition) is 6. The van der Waals surface area contributed by atoms with Crippen molar-refractivity contribution in [2.45, 2.75) is 39.2 Å². The Kier molecular flexibility index (Phi) is 7.65. The van der Waals surface area contributed by atoms with E-state index in [1.54, 1.807) is 32.9 Å². The van der Waals surface area contributed by atoms with Crippen molar-refractivity contribution in [3.05, 3.63) is 24.0 Å². The number of carbonyl (C=O) groups is 3. The second-order valence-electron chi connectivity index (χ2n) is 8.83. The molecule has 9 nitrogen and oxygen atoms in total. The maximum absolute atomic E-state index is 14.6. The molecule has 1 aromatic carbocycles. The van der Waals surface area contributed by atoms with Crippen LogP contribution < -0.4 is 9.64 Å². The first-order valence-corrected chi connectivity index (χ1v) is 11.3. The minimum absolute atomic E-state index is 0.0479. The second kappa shape index (κ2) is 10.3. The first-order valence-electron chi connectivity index (χ1n) is 11.3. The van der Waals surface area contributed by atoms with Gasteiger partial charge in [0, 0.05) is 51.0 Å². The molecule has 3 rings (SSSR count). The van der Waals surface area contributed by atoms with Crippen LogP contribution >= 0.6 is 0 Å². The summed E-state index contributed by atoms with van der Waals surface area (Å²) in [6.07, 6.45) is 0.541. The lowest BCUT2D eigenvalue weighted by Crippen LogP contribution is -2.56. The first kappa shape index (κ1) is 24.6. The van der Waals surface area contributed by atoms with Gasteiger partial charge in [0.1, 0.15) is 0 Å². The molecule has 0 aliphatic carbocycles. The zero-order valence-electron chi connectivity index (χ0n) is 19.4. The number of carboxylic acid groups (broad SMARTS) is 1. The Bertz CT molecular complexity index is 885. The summed E-state index contributed by atoms with van der Waals surface area (Å²) in [6.45, 7) is 7.39. The zero-order valence-corrected chi connectivity index (χ0v) is 19.4. The van der Waals surface area contributed by atoms with Gasteiger partial charge in [-0.05, 0) is 45.7 Å². The van der Waals surface area contributed by atoms with Crippen LogP contribution in [0.5, 0.6) is 5.75 Å². The van der Waals surface area contributed by atoms with E-state index in [1.807, 2.05) is 4.90 Å². The van der Waals surface area contributed by atoms with Crippen molar-refractivity contribution >= 4 is 23.7 Å². The van der Waals surface area contributed by atoms with Crippen molar-refractivity contribution in [3.8, 4) is 5.75 Å². The summed E-state index contributed by atoms with van der Waals surface area (Å²) in [4.78, 5) is 41.1. The Morgan fingerprint density at radius 2 is 1.79 bits per heavy atom. The molecule has 10 heteroatoms. The molecule has 2 saturated heterocycles. The van der Waals surface area contributed by atoms with E-state index < -0.39 is 17.5 Å². The number of ether oxygens (including phenoxy) is 2. The smallest absolute Gasteiger partial charge is 0.407 e. The lowest BCUT2D eigenvalue weighted by molar-refractivity contribution is -0.148. The molecule has 0 aromatic heterocycles. The predicted molar refractivity (Wildman–Crippen MR) is 119 cm³/mol. The fraction of sp³-hybridized carbons (Fsp3) is 0.609. The molecule has 1 N–H and O–H groups in total. The monoisotopic (exact) mass is 465 g/mol. The van der Waals surface area contributed by atoms with Gasteiger partial charge in [0.2, 0.25) is 0 Å². The van der Waals surface area contributed by atoms with Crippen LogP contribution in [-0.4, -0.2) is 84.4 Å². The SMILES string of the molecule is CCOC(=O)[C@@H]1CCCN(c2ccc(F)c(OC(C)(C)C(=O)N3CCN(C(=O)O)CC3)c2)C1. The maximum atomic E-state index is 14.6. The number of halogens is 1. The molecule has 1 atom stereocenters. The topological polar surface area (TPSA) is 99.6 Å². The Morgan fingerprint density at radius 1 is 1.12 bits per heavy atom. The highest BCUT2D eigenvalue weighted by Gasteiger charge is 2.37. The van der Waals surface area contributed by atoms with Gasteiger partial charge in [0.25, 0.3) is 5.91 Å². The van der Waals surface area contributed by atoms with E-state index >= 15 is 0 Å². The highest BCUT2D eigenvalue weighted by Crippen LogP contribution is 2.31. The standard InChI is InChI=1S/C23H32FN3O6/c1-4-32-20(28)16-6-5-9-27(15-16)17-7-8-18(24)19(14-17)33-23(2,3)21(29)25-10-12-26(13-11-25)22(30)31/h7-8,14,16H,4-6,9-13,15H2,1-3H3,(H,30,31)/t16-/m1/s1. The molecule has 0 saturated carbocycles. The molecule has 33 heavy (non-hydrogen) atoms. The van der Waals surface area contributed by atoms with E-state index in [0.717, 1.165) is 19.4 Å². The number of benzene rings is 1. The number of piperidine rings is 1. The van der Waals surface area contributed by atoms with Gasteiger partial charge in [0.05, 0.1) is 12.5 Å². The van der Waals surface area contributed by atoms with Crippen LogP contribution in [-0.2, 0) is 14.3 Å². The van der Waals surface area contributed by atoms with Crippen LogP contribution in [0, 0.1) is 11.7 Å². The highest BCUT2D eigenvalue weighted by molar-refractivity contribution is 5.85. The van der Waals surface area contributed by atoms with E-state index in [-0.39, 0.29) is 49.7 Å². The molecule has 2 aliphatic heterocycles. The van der Waals surface area contributed by atoms with Crippen molar-refractivity contribution in [1.29, 1.82) is 0 Å². The quantitative estimate of drug-likeness (QED) is 0.645. The number of amides is 2. The van der Waals surface area contributed by atoms with E-state index in [4.69, 9.17) is 14.6 Å². The predicted octanol–water partition coefficient (Wildman–Crippen LogP) is 2.58. The van der Waals surface area contributed by atoms with Crippen LogP contribution in [0.1, 0.15) is 33.6 Å². The fourth-order valence-corrected chi connectivity index (χ4v) is 4.23. The summed E-state index contributed by atoms with van der Waals surface area (Å²) in [5.41, 5.74) is -0.640. The molecule has 2 amide bonds. The largest absolute Gasteiger partial charge is 0.475 e. The van der Waals surface area contributed by atoms with Gasteiger partial charge in [-0.15, -0.1) is 0 Å². The summed E-state index contributed by atoms with van der Waals surface area (Å²) in [5, 5.41) is 9.08. The van der Waals surface area contributed by atoms with Crippen LogP contribution in [0.4, 0.5) is 14.9 Å². The van der Waals surface area contributed by atoms with Gasteiger partial charge in [0.15, 0.2) is 17.2 Å². The summed E-state index contributed by atoms with van der Waals surface area (Å²) >= 11 is 0. The summed E-state index contributed by atoms with van der Waals surface area (Å²) in [7, 11) is 0. The number of esters is 1. The van der Waals surface area contributed by atoms with Gasteiger partial charge in [-0.3, -0.25) is 9.59 Å². The molecular formula is C23H32FN3O6. The summed E-state index contributed by atoms with van der Waals surface area (Å²) < 4.78 is 25.6. The van der Waals surface area contributed by atoms with E-state index in [1.165, 1.54) is 15.9 Å². The van der Waals surface area contributed by atoms with E-state index in [0.29, 0.717) is 18.8 Å².